The third-order valence-corrected chi connectivity index (χ3v) is 3.37. The number of nitrogens with zero attached hydrogens (tertiary/aromatic N) is 2. The van der Waals surface area contributed by atoms with Gasteiger partial charge in [0.25, 0.3) is 5.89 Å². The molecule has 124 valence electrons. The van der Waals surface area contributed by atoms with E-state index in [0.717, 1.165) is 5.56 Å². The molecule has 3 rings (SSSR count). The van der Waals surface area contributed by atoms with Gasteiger partial charge in [-0.25, -0.2) is 0 Å². The Morgan fingerprint density at radius 3 is 2.42 bits per heavy atom. The van der Waals surface area contributed by atoms with Crippen LogP contribution in [0.1, 0.15) is 5.89 Å². The molecule has 0 aliphatic heterocycles. The fourth-order valence-corrected chi connectivity index (χ4v) is 2.14. The van der Waals surface area contributed by atoms with Gasteiger partial charge in [0.15, 0.2) is 18.1 Å². The highest BCUT2D eigenvalue weighted by atomic mass is 35.5. The molecule has 24 heavy (non-hydrogen) atoms. The second kappa shape index (κ2) is 7.81. The third kappa shape index (κ3) is 4.04. The van der Waals surface area contributed by atoms with Gasteiger partial charge >= 0.3 is 0 Å². The van der Waals surface area contributed by atoms with Gasteiger partial charge < -0.3 is 19.1 Å². The van der Waals surface area contributed by atoms with Gasteiger partial charge in [-0.2, -0.15) is 4.98 Å². The van der Waals surface area contributed by atoms with E-state index in [1.165, 1.54) is 0 Å². The van der Waals surface area contributed by atoms with Crippen LogP contribution in [0, 0.1) is 0 Å². The molecule has 0 saturated carbocycles. The highest BCUT2D eigenvalue weighted by Crippen LogP contribution is 2.27. The zero-order valence-corrected chi connectivity index (χ0v) is 13.4. The summed E-state index contributed by atoms with van der Waals surface area (Å²) >= 11 is 5.86. The number of aliphatic hydroxyl groups is 1. The van der Waals surface area contributed by atoms with Crippen LogP contribution < -0.4 is 9.47 Å². The number of rotatable bonds is 7. The van der Waals surface area contributed by atoms with Crippen molar-refractivity contribution in [2.75, 3.05) is 13.2 Å². The van der Waals surface area contributed by atoms with Gasteiger partial charge in [-0.05, 0) is 36.4 Å². The summed E-state index contributed by atoms with van der Waals surface area (Å²) < 4.78 is 16.3. The Balaban J connectivity index is 1.66. The Bertz CT molecular complexity index is 789. The van der Waals surface area contributed by atoms with E-state index in [2.05, 4.69) is 10.1 Å². The smallest absolute Gasteiger partial charge is 0.264 e. The van der Waals surface area contributed by atoms with Crippen LogP contribution >= 0.6 is 11.6 Å². The molecule has 0 aliphatic carbocycles. The Hall–Kier alpha value is -2.57. The average Bonchev–Trinajstić information content (AvgIpc) is 3.08. The first kappa shape index (κ1) is 16.3. The van der Waals surface area contributed by atoms with Crippen molar-refractivity contribution in [3.05, 3.63) is 59.4 Å². The van der Waals surface area contributed by atoms with Crippen LogP contribution in [0.4, 0.5) is 0 Å². The lowest BCUT2D eigenvalue weighted by molar-refractivity contribution is 0.187. The van der Waals surface area contributed by atoms with Crippen LogP contribution in [0.15, 0.2) is 53.1 Å². The summed E-state index contributed by atoms with van der Waals surface area (Å²) in [4.78, 5) is 4.29. The van der Waals surface area contributed by atoms with Gasteiger partial charge in [-0.15, -0.1) is 0 Å². The van der Waals surface area contributed by atoms with Gasteiger partial charge in [0, 0.05) is 10.6 Å². The second-order valence-electron chi connectivity index (χ2n) is 4.83. The lowest BCUT2D eigenvalue weighted by Gasteiger charge is -2.10. The van der Waals surface area contributed by atoms with E-state index >= 15 is 0 Å². The Kier molecular flexibility index (Phi) is 5.30. The summed E-state index contributed by atoms with van der Waals surface area (Å²) in [6.07, 6.45) is 0. The SMILES string of the molecule is OCCOc1ccccc1OCc1nc(-c2ccc(Cl)cc2)no1. The molecule has 0 atom stereocenters. The van der Waals surface area contributed by atoms with Gasteiger partial charge in [0.1, 0.15) is 6.61 Å². The van der Waals surface area contributed by atoms with E-state index in [0.29, 0.717) is 28.2 Å². The predicted octanol–water partition coefficient (Wildman–Crippen LogP) is 3.34. The first-order valence-electron chi connectivity index (χ1n) is 7.30. The van der Waals surface area contributed by atoms with E-state index in [1.807, 2.05) is 24.3 Å². The molecule has 1 heterocycles. The van der Waals surface area contributed by atoms with Crippen LogP contribution in [-0.4, -0.2) is 28.5 Å². The van der Waals surface area contributed by atoms with Crippen LogP contribution in [0.3, 0.4) is 0 Å². The lowest BCUT2D eigenvalue weighted by atomic mass is 10.2. The summed E-state index contributed by atoms with van der Waals surface area (Å²) in [6, 6.07) is 14.3. The van der Waals surface area contributed by atoms with Crippen LogP contribution in [0.5, 0.6) is 11.5 Å². The maximum atomic E-state index is 8.85. The maximum absolute atomic E-state index is 8.85. The number of para-hydroxylation sites is 2. The number of aliphatic hydroxyl groups excluding tert-OH is 1. The monoisotopic (exact) mass is 346 g/mol. The summed E-state index contributed by atoms with van der Waals surface area (Å²) in [7, 11) is 0. The van der Waals surface area contributed by atoms with E-state index in [4.69, 9.17) is 30.7 Å². The van der Waals surface area contributed by atoms with Crippen LogP contribution in [-0.2, 0) is 6.61 Å². The number of halogens is 1. The molecular formula is C17H15ClN2O4. The zero-order valence-electron chi connectivity index (χ0n) is 12.7. The molecule has 1 aromatic heterocycles. The average molecular weight is 347 g/mol. The summed E-state index contributed by atoms with van der Waals surface area (Å²) in [6.45, 7) is 0.240. The van der Waals surface area contributed by atoms with Crippen LogP contribution in [0.2, 0.25) is 5.02 Å². The topological polar surface area (TPSA) is 77.6 Å². The third-order valence-electron chi connectivity index (χ3n) is 3.12. The Labute approximate surface area is 143 Å². The van der Waals surface area contributed by atoms with Crippen molar-refractivity contribution < 1.29 is 19.1 Å². The Morgan fingerprint density at radius 2 is 1.71 bits per heavy atom. The number of aromatic nitrogens is 2. The van der Waals surface area contributed by atoms with Crippen molar-refractivity contribution in [1.29, 1.82) is 0 Å². The summed E-state index contributed by atoms with van der Waals surface area (Å²) in [5.74, 6) is 1.90. The molecule has 0 aliphatic rings. The standard InChI is InChI=1S/C17H15ClN2O4/c18-13-7-5-12(6-8-13)17-19-16(24-20-17)11-23-15-4-2-1-3-14(15)22-10-9-21/h1-8,21H,9-11H2. The normalized spacial score (nSPS) is 10.6. The number of benzene rings is 2. The number of hydrogen-bond donors (Lipinski definition) is 1. The number of hydrogen-bond acceptors (Lipinski definition) is 6. The molecule has 0 saturated heterocycles. The van der Waals surface area contributed by atoms with Crippen molar-refractivity contribution in [2.45, 2.75) is 6.61 Å². The van der Waals surface area contributed by atoms with Crippen molar-refractivity contribution in [2.24, 2.45) is 0 Å². The second-order valence-corrected chi connectivity index (χ2v) is 5.26. The minimum Gasteiger partial charge on any atom is -0.487 e. The van der Waals surface area contributed by atoms with Gasteiger partial charge in [-0.1, -0.05) is 28.9 Å². The van der Waals surface area contributed by atoms with E-state index in [-0.39, 0.29) is 19.8 Å². The molecule has 2 aromatic carbocycles. The first-order valence-corrected chi connectivity index (χ1v) is 7.68. The minimum atomic E-state index is -0.0670. The molecule has 0 radical (unpaired) electrons. The van der Waals surface area contributed by atoms with Crippen molar-refractivity contribution in [3.63, 3.8) is 0 Å². The predicted molar refractivity (Wildman–Crippen MR) is 88.1 cm³/mol. The summed E-state index contributed by atoms with van der Waals surface area (Å²) in [5, 5.41) is 13.4. The Morgan fingerprint density at radius 1 is 1.00 bits per heavy atom. The van der Waals surface area contributed by atoms with Crippen molar-refractivity contribution in [1.82, 2.24) is 10.1 Å². The fraction of sp³-hybridized carbons (Fsp3) is 0.176. The van der Waals surface area contributed by atoms with Crippen LogP contribution in [0.25, 0.3) is 11.4 Å². The first-order chi connectivity index (χ1) is 11.8. The fourth-order valence-electron chi connectivity index (χ4n) is 2.01. The maximum Gasteiger partial charge on any atom is 0.264 e. The molecule has 0 fully saturated rings. The van der Waals surface area contributed by atoms with E-state index in [9.17, 15) is 0 Å². The number of ether oxygens (including phenoxy) is 2. The molecule has 3 aromatic rings. The highest BCUT2D eigenvalue weighted by molar-refractivity contribution is 6.30. The van der Waals surface area contributed by atoms with E-state index < -0.39 is 0 Å². The van der Waals surface area contributed by atoms with Gasteiger partial charge in [-0.3, -0.25) is 0 Å². The molecule has 0 unspecified atom stereocenters. The molecule has 7 heteroatoms. The zero-order chi connectivity index (χ0) is 16.8. The largest absolute Gasteiger partial charge is 0.487 e. The lowest BCUT2D eigenvalue weighted by Crippen LogP contribution is -2.04. The molecule has 6 nitrogen and oxygen atoms in total. The molecule has 0 amide bonds. The molecule has 0 bridgehead atoms. The molecule has 0 spiro atoms. The van der Waals surface area contributed by atoms with Crippen molar-refractivity contribution >= 4 is 11.6 Å². The minimum absolute atomic E-state index is 0.0670. The van der Waals surface area contributed by atoms with Gasteiger partial charge in [0.2, 0.25) is 5.82 Å². The highest BCUT2D eigenvalue weighted by Gasteiger charge is 2.11. The molecular weight excluding hydrogens is 332 g/mol. The van der Waals surface area contributed by atoms with Crippen molar-refractivity contribution in [3.8, 4) is 22.9 Å². The summed E-state index contributed by atoms with van der Waals surface area (Å²) in [5.41, 5.74) is 0.807. The van der Waals surface area contributed by atoms with E-state index in [1.54, 1.807) is 24.3 Å². The molecule has 1 N–H and O–H groups in total. The quantitative estimate of drug-likeness (QED) is 0.707. The van der Waals surface area contributed by atoms with Gasteiger partial charge in [0.05, 0.1) is 6.61 Å².